The molecule has 0 amide bonds. The van der Waals surface area contributed by atoms with Crippen molar-refractivity contribution in [3.8, 4) is 0 Å². The van der Waals surface area contributed by atoms with Crippen LogP contribution in [0.15, 0.2) is 18.2 Å². The number of carbonyl (C=O) groups excluding carboxylic acids is 1. The monoisotopic (exact) mass is 241 g/mol. The molecule has 0 heterocycles. The zero-order valence-electron chi connectivity index (χ0n) is 9.50. The topological polar surface area (TPSA) is 52.3 Å². The third-order valence-electron chi connectivity index (χ3n) is 2.49. The summed E-state index contributed by atoms with van der Waals surface area (Å²) in [6.45, 7) is 2.46. The summed E-state index contributed by atoms with van der Waals surface area (Å²) >= 11 is 5.87. The van der Waals surface area contributed by atoms with E-state index in [0.29, 0.717) is 29.3 Å². The smallest absolute Gasteiger partial charge is 0.165 e. The van der Waals surface area contributed by atoms with Gasteiger partial charge < -0.3 is 10.5 Å². The fraction of sp³-hybridized carbons (Fsp3) is 0.417. The Morgan fingerprint density at radius 3 is 2.81 bits per heavy atom. The van der Waals surface area contributed by atoms with Gasteiger partial charge in [-0.25, -0.2) is 0 Å². The van der Waals surface area contributed by atoms with Gasteiger partial charge in [-0.05, 0) is 24.6 Å². The van der Waals surface area contributed by atoms with Gasteiger partial charge in [0.15, 0.2) is 5.78 Å². The molecule has 0 fully saturated rings. The van der Waals surface area contributed by atoms with Crippen molar-refractivity contribution in [2.24, 2.45) is 5.92 Å². The van der Waals surface area contributed by atoms with E-state index in [1.165, 1.54) is 0 Å². The highest BCUT2D eigenvalue weighted by Gasteiger charge is 2.15. The molecule has 4 heteroatoms. The molecule has 0 aliphatic rings. The second-order valence-electron chi connectivity index (χ2n) is 3.78. The minimum Gasteiger partial charge on any atom is -0.398 e. The Balaban J connectivity index is 2.76. The van der Waals surface area contributed by atoms with Crippen LogP contribution in [0, 0.1) is 5.92 Å². The molecule has 3 nitrogen and oxygen atoms in total. The average molecular weight is 242 g/mol. The first-order valence-electron chi connectivity index (χ1n) is 5.14. The molecule has 0 aliphatic heterocycles. The molecule has 88 valence electrons. The average Bonchev–Trinajstić information content (AvgIpc) is 2.28. The lowest BCUT2D eigenvalue weighted by Crippen LogP contribution is -2.13. The number of anilines is 1. The molecule has 2 N–H and O–H groups in total. The first-order valence-corrected chi connectivity index (χ1v) is 5.52. The van der Waals surface area contributed by atoms with E-state index in [9.17, 15) is 4.79 Å². The van der Waals surface area contributed by atoms with Gasteiger partial charge in [0.05, 0.1) is 10.7 Å². The van der Waals surface area contributed by atoms with Crippen LogP contribution in [-0.2, 0) is 4.74 Å². The summed E-state index contributed by atoms with van der Waals surface area (Å²) < 4.78 is 4.94. The molecule has 0 aromatic heterocycles. The molecule has 1 rings (SSSR count). The largest absolute Gasteiger partial charge is 0.398 e. The molecule has 0 spiro atoms. The first kappa shape index (κ1) is 13.0. The lowest BCUT2D eigenvalue weighted by molar-refractivity contribution is 0.0894. The van der Waals surface area contributed by atoms with E-state index in [4.69, 9.17) is 22.1 Å². The van der Waals surface area contributed by atoms with Crippen LogP contribution in [0.1, 0.15) is 23.7 Å². The van der Waals surface area contributed by atoms with Crippen LogP contribution in [0.5, 0.6) is 0 Å². The normalized spacial score (nSPS) is 12.4. The Morgan fingerprint density at radius 1 is 1.56 bits per heavy atom. The molecule has 0 bridgehead atoms. The number of methoxy groups -OCH3 is 1. The molecular formula is C12H16ClNO2. The van der Waals surface area contributed by atoms with Gasteiger partial charge in [-0.3, -0.25) is 4.79 Å². The zero-order chi connectivity index (χ0) is 12.1. The number of rotatable bonds is 5. The van der Waals surface area contributed by atoms with Crippen molar-refractivity contribution >= 4 is 23.1 Å². The van der Waals surface area contributed by atoms with Crippen molar-refractivity contribution < 1.29 is 9.53 Å². The maximum Gasteiger partial charge on any atom is 0.165 e. The third-order valence-corrected chi connectivity index (χ3v) is 2.81. The predicted molar refractivity (Wildman–Crippen MR) is 65.9 cm³/mol. The van der Waals surface area contributed by atoms with E-state index in [1.54, 1.807) is 25.3 Å². The van der Waals surface area contributed by atoms with Crippen LogP contribution in [-0.4, -0.2) is 19.5 Å². The predicted octanol–water partition coefficient (Wildman–Crippen LogP) is 2.78. The number of nitrogen functional groups attached to an aromatic ring is 1. The van der Waals surface area contributed by atoms with E-state index in [1.807, 2.05) is 6.92 Å². The molecule has 1 aromatic carbocycles. The molecule has 0 saturated carbocycles. The highest BCUT2D eigenvalue weighted by Crippen LogP contribution is 2.22. The van der Waals surface area contributed by atoms with E-state index in [0.717, 1.165) is 0 Å². The number of hydrogen-bond donors (Lipinski definition) is 1. The van der Waals surface area contributed by atoms with Crippen molar-refractivity contribution in [1.82, 2.24) is 0 Å². The van der Waals surface area contributed by atoms with Crippen LogP contribution in [0.3, 0.4) is 0 Å². The van der Waals surface area contributed by atoms with E-state index in [-0.39, 0.29) is 11.7 Å². The van der Waals surface area contributed by atoms with Crippen LogP contribution in [0.25, 0.3) is 0 Å². The van der Waals surface area contributed by atoms with Crippen molar-refractivity contribution in [3.63, 3.8) is 0 Å². The first-order chi connectivity index (χ1) is 7.56. The highest BCUT2D eigenvalue weighted by molar-refractivity contribution is 6.33. The number of halogens is 1. The number of hydrogen-bond acceptors (Lipinski definition) is 3. The van der Waals surface area contributed by atoms with E-state index < -0.39 is 0 Å². The van der Waals surface area contributed by atoms with Crippen LogP contribution in [0.4, 0.5) is 5.69 Å². The molecule has 0 saturated heterocycles. The SMILES string of the molecule is COCCC(C)C(=O)c1ccc(N)c(Cl)c1. The minimum atomic E-state index is -0.0698. The van der Waals surface area contributed by atoms with Crippen molar-refractivity contribution in [1.29, 1.82) is 0 Å². The third kappa shape index (κ3) is 3.22. The Bertz CT molecular complexity index is 379. The fourth-order valence-corrected chi connectivity index (χ4v) is 1.57. The molecule has 16 heavy (non-hydrogen) atoms. The molecule has 1 aromatic rings. The Morgan fingerprint density at radius 2 is 2.25 bits per heavy atom. The van der Waals surface area contributed by atoms with E-state index in [2.05, 4.69) is 0 Å². The van der Waals surface area contributed by atoms with Crippen LogP contribution < -0.4 is 5.73 Å². The number of ether oxygens (including phenoxy) is 1. The van der Waals surface area contributed by atoms with Gasteiger partial charge in [0, 0.05) is 25.2 Å². The van der Waals surface area contributed by atoms with Crippen molar-refractivity contribution in [2.75, 3.05) is 19.5 Å². The Kier molecular flexibility index (Phi) is 4.77. The highest BCUT2D eigenvalue weighted by atomic mass is 35.5. The maximum atomic E-state index is 12.0. The standard InChI is InChI=1S/C12H16ClNO2/c1-8(5-6-16-2)12(15)9-3-4-11(14)10(13)7-9/h3-4,7-8H,5-6,14H2,1-2H3. The summed E-state index contributed by atoms with van der Waals surface area (Å²) in [5.41, 5.74) is 6.67. The van der Waals surface area contributed by atoms with E-state index >= 15 is 0 Å². The number of Topliss-reactive ketones (excluding diaryl/α,β-unsaturated/α-hetero) is 1. The van der Waals surface area contributed by atoms with Gasteiger partial charge in [-0.2, -0.15) is 0 Å². The molecule has 1 unspecified atom stereocenters. The van der Waals surface area contributed by atoms with Gasteiger partial charge in [0.2, 0.25) is 0 Å². The molecular weight excluding hydrogens is 226 g/mol. The summed E-state index contributed by atoms with van der Waals surface area (Å²) in [6.07, 6.45) is 0.706. The minimum absolute atomic E-state index is 0.0685. The van der Waals surface area contributed by atoms with Gasteiger partial charge in [0.1, 0.15) is 0 Å². The number of carbonyl (C=O) groups is 1. The Labute approximate surface area is 101 Å². The zero-order valence-corrected chi connectivity index (χ0v) is 10.3. The van der Waals surface area contributed by atoms with Crippen molar-refractivity contribution in [2.45, 2.75) is 13.3 Å². The molecule has 1 atom stereocenters. The number of benzene rings is 1. The maximum absolute atomic E-state index is 12.0. The quantitative estimate of drug-likeness (QED) is 0.637. The summed E-state index contributed by atoms with van der Waals surface area (Å²) in [6, 6.07) is 4.97. The summed E-state index contributed by atoms with van der Waals surface area (Å²) in [5, 5.41) is 0.421. The fourth-order valence-electron chi connectivity index (χ4n) is 1.39. The van der Waals surface area contributed by atoms with Gasteiger partial charge in [-0.15, -0.1) is 0 Å². The number of ketones is 1. The lowest BCUT2D eigenvalue weighted by Gasteiger charge is -2.10. The number of nitrogens with two attached hydrogens (primary N) is 1. The summed E-state index contributed by atoms with van der Waals surface area (Å²) in [7, 11) is 1.62. The molecule has 0 aliphatic carbocycles. The summed E-state index contributed by atoms with van der Waals surface area (Å²) in [4.78, 5) is 12.0. The van der Waals surface area contributed by atoms with Crippen LogP contribution in [0.2, 0.25) is 5.02 Å². The van der Waals surface area contributed by atoms with Crippen LogP contribution >= 0.6 is 11.6 Å². The van der Waals surface area contributed by atoms with Crippen molar-refractivity contribution in [3.05, 3.63) is 28.8 Å². The van der Waals surface area contributed by atoms with Gasteiger partial charge in [0.25, 0.3) is 0 Å². The second-order valence-corrected chi connectivity index (χ2v) is 4.19. The Hall–Kier alpha value is -1.06. The molecule has 0 radical (unpaired) electrons. The van der Waals surface area contributed by atoms with Gasteiger partial charge in [-0.1, -0.05) is 18.5 Å². The summed E-state index contributed by atoms with van der Waals surface area (Å²) in [5.74, 6) is -0.00130. The van der Waals surface area contributed by atoms with Gasteiger partial charge >= 0.3 is 0 Å². The lowest BCUT2D eigenvalue weighted by atomic mass is 9.96. The second kappa shape index (κ2) is 5.87.